The fourth-order valence-electron chi connectivity index (χ4n) is 1.99. The Labute approximate surface area is 95.9 Å². The Morgan fingerprint density at radius 1 is 1.27 bits per heavy atom. The summed E-state index contributed by atoms with van der Waals surface area (Å²) in [5, 5.41) is 10.6. The van der Waals surface area contributed by atoms with E-state index in [4.69, 9.17) is 0 Å². The summed E-state index contributed by atoms with van der Waals surface area (Å²) >= 11 is 1.92. The molecule has 1 fully saturated rings. The first kappa shape index (κ1) is 11.0. The highest BCUT2D eigenvalue weighted by Gasteiger charge is 2.23. The van der Waals surface area contributed by atoms with Gasteiger partial charge in [0.15, 0.2) is 0 Å². The van der Waals surface area contributed by atoms with Gasteiger partial charge < -0.3 is 5.11 Å². The lowest BCUT2D eigenvalue weighted by Gasteiger charge is -2.26. The molecular weight excluding hydrogens is 204 g/mol. The molecular formula is C13H18OS. The highest BCUT2D eigenvalue weighted by molar-refractivity contribution is 7.99. The standard InChI is InChI=1S/C13H18OS/c1-10-5-7-11(8-6-10)13(14)12-4-2-3-9-15-12/h5-8,12-14H,2-4,9H2,1H3. The van der Waals surface area contributed by atoms with Crippen molar-refractivity contribution in [2.24, 2.45) is 0 Å². The summed E-state index contributed by atoms with van der Waals surface area (Å²) in [6.45, 7) is 2.07. The maximum Gasteiger partial charge on any atom is 0.0908 e. The minimum absolute atomic E-state index is 0.282. The highest BCUT2D eigenvalue weighted by atomic mass is 32.2. The Morgan fingerprint density at radius 3 is 2.60 bits per heavy atom. The maximum absolute atomic E-state index is 10.2. The van der Waals surface area contributed by atoms with Crippen molar-refractivity contribution in [1.82, 2.24) is 0 Å². The van der Waals surface area contributed by atoms with Crippen LogP contribution in [0.2, 0.25) is 0 Å². The van der Waals surface area contributed by atoms with Crippen LogP contribution in [0.25, 0.3) is 0 Å². The van der Waals surface area contributed by atoms with Crippen molar-refractivity contribution in [3.63, 3.8) is 0 Å². The van der Waals surface area contributed by atoms with Gasteiger partial charge in [-0.3, -0.25) is 0 Å². The molecule has 15 heavy (non-hydrogen) atoms. The van der Waals surface area contributed by atoms with Crippen LogP contribution in [-0.2, 0) is 0 Å². The van der Waals surface area contributed by atoms with Crippen molar-refractivity contribution in [3.8, 4) is 0 Å². The van der Waals surface area contributed by atoms with E-state index in [-0.39, 0.29) is 6.10 Å². The van der Waals surface area contributed by atoms with Gasteiger partial charge in [0.25, 0.3) is 0 Å². The van der Waals surface area contributed by atoms with Crippen LogP contribution in [0, 0.1) is 6.92 Å². The van der Waals surface area contributed by atoms with Gasteiger partial charge in [-0.2, -0.15) is 11.8 Å². The lowest BCUT2D eigenvalue weighted by Crippen LogP contribution is -2.18. The minimum Gasteiger partial charge on any atom is -0.387 e. The third-order valence-electron chi connectivity index (χ3n) is 2.99. The van der Waals surface area contributed by atoms with Gasteiger partial charge in [-0.15, -0.1) is 0 Å². The molecule has 0 spiro atoms. The minimum atomic E-state index is -0.282. The first-order chi connectivity index (χ1) is 7.27. The molecule has 0 radical (unpaired) electrons. The topological polar surface area (TPSA) is 20.2 Å². The zero-order valence-electron chi connectivity index (χ0n) is 9.15. The van der Waals surface area contributed by atoms with E-state index in [1.165, 1.54) is 24.2 Å². The van der Waals surface area contributed by atoms with Gasteiger partial charge in [0.1, 0.15) is 0 Å². The fraction of sp³-hybridized carbons (Fsp3) is 0.538. The van der Waals surface area contributed by atoms with E-state index in [1.54, 1.807) is 0 Å². The van der Waals surface area contributed by atoms with Gasteiger partial charge in [-0.25, -0.2) is 0 Å². The van der Waals surface area contributed by atoms with Crippen molar-refractivity contribution >= 4 is 11.8 Å². The molecule has 1 heterocycles. The van der Waals surface area contributed by atoms with E-state index in [1.807, 2.05) is 11.8 Å². The summed E-state index contributed by atoms with van der Waals surface area (Å²) in [5.74, 6) is 1.20. The van der Waals surface area contributed by atoms with Gasteiger partial charge in [0.05, 0.1) is 6.10 Å². The predicted octanol–water partition coefficient (Wildman–Crippen LogP) is 3.31. The molecule has 2 rings (SSSR count). The molecule has 2 heteroatoms. The maximum atomic E-state index is 10.2. The quantitative estimate of drug-likeness (QED) is 0.828. The zero-order chi connectivity index (χ0) is 10.7. The number of hydrogen-bond donors (Lipinski definition) is 1. The molecule has 0 bridgehead atoms. The number of rotatable bonds is 2. The van der Waals surface area contributed by atoms with Crippen molar-refractivity contribution in [3.05, 3.63) is 35.4 Å². The fourth-order valence-corrected chi connectivity index (χ4v) is 3.34. The number of aliphatic hydroxyl groups excluding tert-OH is 1. The third-order valence-corrected chi connectivity index (χ3v) is 4.43. The Kier molecular flexibility index (Phi) is 3.71. The first-order valence-corrected chi connectivity index (χ1v) is 6.68. The van der Waals surface area contributed by atoms with Crippen LogP contribution in [0.15, 0.2) is 24.3 Å². The molecule has 0 saturated carbocycles. The molecule has 1 aliphatic heterocycles. The molecule has 1 nitrogen and oxygen atoms in total. The zero-order valence-corrected chi connectivity index (χ0v) is 9.96. The number of aliphatic hydroxyl groups is 1. The summed E-state index contributed by atoms with van der Waals surface area (Å²) in [7, 11) is 0. The predicted molar refractivity (Wildman–Crippen MR) is 66.2 cm³/mol. The van der Waals surface area contributed by atoms with Gasteiger partial charge in [0, 0.05) is 5.25 Å². The van der Waals surface area contributed by atoms with Crippen molar-refractivity contribution < 1.29 is 5.11 Å². The molecule has 0 aromatic heterocycles. The van der Waals surface area contributed by atoms with Crippen LogP contribution >= 0.6 is 11.8 Å². The second-order valence-electron chi connectivity index (χ2n) is 4.26. The van der Waals surface area contributed by atoms with Gasteiger partial charge in [-0.1, -0.05) is 36.2 Å². The van der Waals surface area contributed by atoms with Crippen LogP contribution < -0.4 is 0 Å². The Balaban J connectivity index is 2.05. The van der Waals surface area contributed by atoms with E-state index in [0.29, 0.717) is 5.25 Å². The molecule has 1 aromatic rings. The van der Waals surface area contributed by atoms with Crippen LogP contribution in [0.4, 0.5) is 0 Å². The lowest BCUT2D eigenvalue weighted by molar-refractivity contribution is 0.169. The van der Waals surface area contributed by atoms with E-state index in [9.17, 15) is 5.11 Å². The molecule has 0 amide bonds. The van der Waals surface area contributed by atoms with E-state index in [2.05, 4.69) is 31.2 Å². The van der Waals surface area contributed by atoms with E-state index < -0.39 is 0 Å². The van der Waals surface area contributed by atoms with E-state index >= 15 is 0 Å². The SMILES string of the molecule is Cc1ccc(C(O)C2CCCCS2)cc1. The summed E-state index contributed by atoms with van der Waals surface area (Å²) in [5.41, 5.74) is 2.32. The molecule has 1 N–H and O–H groups in total. The monoisotopic (exact) mass is 222 g/mol. The van der Waals surface area contributed by atoms with E-state index in [0.717, 1.165) is 12.0 Å². The highest BCUT2D eigenvalue weighted by Crippen LogP contribution is 2.34. The molecule has 2 atom stereocenters. The smallest absolute Gasteiger partial charge is 0.0908 e. The van der Waals surface area contributed by atoms with Crippen LogP contribution in [0.1, 0.15) is 36.5 Å². The van der Waals surface area contributed by atoms with Crippen molar-refractivity contribution in [1.29, 1.82) is 0 Å². The average molecular weight is 222 g/mol. The Hall–Kier alpha value is -0.470. The van der Waals surface area contributed by atoms with Crippen molar-refractivity contribution in [2.45, 2.75) is 37.5 Å². The largest absolute Gasteiger partial charge is 0.387 e. The molecule has 2 unspecified atom stereocenters. The summed E-state index contributed by atoms with van der Waals surface area (Å²) in [4.78, 5) is 0. The summed E-state index contributed by atoms with van der Waals surface area (Å²) in [6, 6.07) is 8.25. The number of benzene rings is 1. The summed E-state index contributed by atoms with van der Waals surface area (Å²) < 4.78 is 0. The van der Waals surface area contributed by atoms with Gasteiger partial charge in [0.2, 0.25) is 0 Å². The van der Waals surface area contributed by atoms with Crippen LogP contribution in [0.5, 0.6) is 0 Å². The van der Waals surface area contributed by atoms with Gasteiger partial charge in [-0.05, 0) is 31.1 Å². The van der Waals surface area contributed by atoms with Crippen molar-refractivity contribution in [2.75, 3.05) is 5.75 Å². The number of thioether (sulfide) groups is 1. The molecule has 1 saturated heterocycles. The van der Waals surface area contributed by atoms with Crippen LogP contribution in [-0.4, -0.2) is 16.1 Å². The lowest BCUT2D eigenvalue weighted by atomic mass is 10.0. The third kappa shape index (κ3) is 2.76. The molecule has 1 aliphatic rings. The van der Waals surface area contributed by atoms with Gasteiger partial charge >= 0.3 is 0 Å². The Bertz CT molecular complexity index is 301. The first-order valence-electron chi connectivity index (χ1n) is 5.63. The number of aryl methyl sites for hydroxylation is 1. The number of hydrogen-bond acceptors (Lipinski definition) is 2. The molecule has 1 aromatic carbocycles. The summed E-state index contributed by atoms with van der Waals surface area (Å²) in [6.07, 6.45) is 3.44. The molecule has 0 aliphatic carbocycles. The van der Waals surface area contributed by atoms with Crippen LogP contribution in [0.3, 0.4) is 0 Å². The Morgan fingerprint density at radius 2 is 2.00 bits per heavy atom. The normalized spacial score (nSPS) is 23.7. The average Bonchev–Trinajstić information content (AvgIpc) is 2.30. The molecule has 82 valence electrons. The second kappa shape index (κ2) is 5.04. The second-order valence-corrected chi connectivity index (χ2v) is 5.61.